The van der Waals surface area contributed by atoms with Gasteiger partial charge in [-0.15, -0.1) is 0 Å². The quantitative estimate of drug-likeness (QED) is 0.176. The number of rotatable bonds is 8. The molecule has 9 heteroatoms. The summed E-state index contributed by atoms with van der Waals surface area (Å²) in [6.45, 7) is 2.49. The summed E-state index contributed by atoms with van der Waals surface area (Å²) in [6.07, 6.45) is 2.99. The molecule has 7 N–H and O–H groups in total. The summed E-state index contributed by atoms with van der Waals surface area (Å²) < 4.78 is 0. The fourth-order valence-corrected chi connectivity index (χ4v) is 2.54. The van der Waals surface area contributed by atoms with E-state index in [1.807, 2.05) is 0 Å². The standard InChI is InChI=1S/C14H26N6O3/c1-9(15)13(23)20-7-3-5-11(20)12(22)19-10(8-21)4-2-6-18-14(16)17/h8-11H,2-7,15H2,1H3,(H,19,22)(H4,16,17,18)/t9-,10-,11-/m0/s1. The normalized spacial score (nSPS) is 19.7. The second kappa shape index (κ2) is 9.09. The Morgan fingerprint density at radius 1 is 1.43 bits per heavy atom. The minimum absolute atomic E-state index is 0.00676. The Hall–Kier alpha value is -2.16. The van der Waals surface area contributed by atoms with E-state index in [1.54, 1.807) is 6.92 Å². The lowest BCUT2D eigenvalue weighted by molar-refractivity contribution is -0.139. The minimum Gasteiger partial charge on any atom is -0.370 e. The Morgan fingerprint density at radius 2 is 2.13 bits per heavy atom. The Kier molecular flexibility index (Phi) is 7.46. The first-order valence-corrected chi connectivity index (χ1v) is 7.74. The van der Waals surface area contributed by atoms with Gasteiger partial charge in [0, 0.05) is 13.1 Å². The maximum Gasteiger partial charge on any atom is 0.243 e. The first-order valence-electron chi connectivity index (χ1n) is 7.74. The van der Waals surface area contributed by atoms with Gasteiger partial charge in [0.25, 0.3) is 0 Å². The molecule has 2 amide bonds. The molecule has 1 heterocycles. The van der Waals surface area contributed by atoms with Gasteiger partial charge in [-0.3, -0.25) is 14.6 Å². The van der Waals surface area contributed by atoms with Gasteiger partial charge in [-0.2, -0.15) is 0 Å². The molecule has 130 valence electrons. The van der Waals surface area contributed by atoms with Crippen molar-refractivity contribution in [2.45, 2.75) is 50.7 Å². The Labute approximate surface area is 135 Å². The molecular formula is C14H26N6O3. The smallest absolute Gasteiger partial charge is 0.243 e. The summed E-state index contributed by atoms with van der Waals surface area (Å²) >= 11 is 0. The maximum atomic E-state index is 12.3. The van der Waals surface area contributed by atoms with Crippen LogP contribution in [-0.4, -0.2) is 60.2 Å². The van der Waals surface area contributed by atoms with E-state index in [1.165, 1.54) is 4.90 Å². The first kappa shape index (κ1) is 18.9. The monoisotopic (exact) mass is 326 g/mol. The summed E-state index contributed by atoms with van der Waals surface area (Å²) in [6, 6.07) is -1.83. The third kappa shape index (κ3) is 5.85. The van der Waals surface area contributed by atoms with Crippen molar-refractivity contribution in [2.24, 2.45) is 22.2 Å². The van der Waals surface area contributed by atoms with Gasteiger partial charge < -0.3 is 32.2 Å². The summed E-state index contributed by atoms with van der Waals surface area (Å²) in [5.41, 5.74) is 16.0. The van der Waals surface area contributed by atoms with Crippen LogP contribution in [0, 0.1) is 0 Å². The van der Waals surface area contributed by atoms with Crippen molar-refractivity contribution in [3.8, 4) is 0 Å². The molecule has 3 atom stereocenters. The van der Waals surface area contributed by atoms with Crippen LogP contribution in [0.4, 0.5) is 0 Å². The largest absolute Gasteiger partial charge is 0.370 e. The van der Waals surface area contributed by atoms with Crippen molar-refractivity contribution in [3.05, 3.63) is 0 Å². The first-order chi connectivity index (χ1) is 10.9. The molecule has 0 aliphatic carbocycles. The molecule has 0 aromatic heterocycles. The van der Waals surface area contributed by atoms with Crippen LogP contribution in [0.15, 0.2) is 4.99 Å². The van der Waals surface area contributed by atoms with Gasteiger partial charge in [0.05, 0.1) is 12.1 Å². The van der Waals surface area contributed by atoms with E-state index < -0.39 is 18.1 Å². The third-order valence-corrected chi connectivity index (χ3v) is 3.69. The summed E-state index contributed by atoms with van der Waals surface area (Å²) in [7, 11) is 0. The Bertz CT molecular complexity index is 461. The highest BCUT2D eigenvalue weighted by Gasteiger charge is 2.35. The molecule has 1 aliphatic rings. The molecule has 1 saturated heterocycles. The molecule has 1 fully saturated rings. The number of carbonyl (C=O) groups excluding carboxylic acids is 3. The molecule has 0 bridgehead atoms. The number of hydrogen-bond acceptors (Lipinski definition) is 5. The van der Waals surface area contributed by atoms with Gasteiger partial charge in [0.1, 0.15) is 12.3 Å². The fourth-order valence-electron chi connectivity index (χ4n) is 2.54. The van der Waals surface area contributed by atoms with Crippen LogP contribution in [0.2, 0.25) is 0 Å². The fraction of sp³-hybridized carbons (Fsp3) is 0.714. The van der Waals surface area contributed by atoms with Crippen molar-refractivity contribution in [1.29, 1.82) is 0 Å². The van der Waals surface area contributed by atoms with Crippen LogP contribution >= 0.6 is 0 Å². The van der Waals surface area contributed by atoms with E-state index >= 15 is 0 Å². The second-order valence-corrected chi connectivity index (χ2v) is 5.68. The Morgan fingerprint density at radius 3 is 2.70 bits per heavy atom. The molecule has 9 nitrogen and oxygen atoms in total. The summed E-state index contributed by atoms with van der Waals surface area (Å²) in [4.78, 5) is 40.7. The van der Waals surface area contributed by atoms with E-state index in [0.29, 0.717) is 38.6 Å². The van der Waals surface area contributed by atoms with Gasteiger partial charge in [0.2, 0.25) is 11.8 Å². The zero-order valence-electron chi connectivity index (χ0n) is 13.4. The average Bonchev–Trinajstić information content (AvgIpc) is 2.98. The predicted octanol–water partition coefficient (Wildman–Crippen LogP) is -1.94. The van der Waals surface area contributed by atoms with Gasteiger partial charge >= 0.3 is 0 Å². The molecule has 0 aromatic carbocycles. The number of aldehydes is 1. The zero-order chi connectivity index (χ0) is 17.4. The van der Waals surface area contributed by atoms with Crippen molar-refractivity contribution >= 4 is 24.1 Å². The lowest BCUT2D eigenvalue weighted by atomic mass is 10.1. The molecule has 0 spiro atoms. The lowest BCUT2D eigenvalue weighted by Gasteiger charge is -2.26. The Balaban J connectivity index is 2.53. The number of hydrogen-bond donors (Lipinski definition) is 4. The molecule has 0 saturated carbocycles. The van der Waals surface area contributed by atoms with E-state index in [-0.39, 0.29) is 17.8 Å². The molecule has 23 heavy (non-hydrogen) atoms. The van der Waals surface area contributed by atoms with Gasteiger partial charge in [-0.05, 0) is 32.6 Å². The minimum atomic E-state index is -0.648. The number of nitrogens with two attached hydrogens (primary N) is 3. The van der Waals surface area contributed by atoms with Crippen LogP contribution in [0.5, 0.6) is 0 Å². The topological polar surface area (TPSA) is 157 Å². The number of amides is 2. The molecule has 0 radical (unpaired) electrons. The molecule has 1 rings (SSSR count). The molecule has 0 unspecified atom stereocenters. The molecule has 0 aromatic rings. The van der Waals surface area contributed by atoms with Crippen LogP contribution < -0.4 is 22.5 Å². The number of nitrogens with one attached hydrogen (secondary N) is 1. The summed E-state index contributed by atoms with van der Waals surface area (Å²) in [5, 5.41) is 2.67. The predicted molar refractivity (Wildman–Crippen MR) is 86.3 cm³/mol. The summed E-state index contributed by atoms with van der Waals surface area (Å²) in [5.74, 6) is -0.582. The second-order valence-electron chi connectivity index (χ2n) is 5.68. The van der Waals surface area contributed by atoms with Crippen LogP contribution in [-0.2, 0) is 14.4 Å². The third-order valence-electron chi connectivity index (χ3n) is 3.69. The number of guanidine groups is 1. The van der Waals surface area contributed by atoms with Gasteiger partial charge in [-0.25, -0.2) is 0 Å². The highest BCUT2D eigenvalue weighted by Crippen LogP contribution is 2.18. The average molecular weight is 326 g/mol. The number of likely N-dealkylation sites (tertiary alicyclic amines) is 1. The van der Waals surface area contributed by atoms with Crippen molar-refractivity contribution in [2.75, 3.05) is 13.1 Å². The van der Waals surface area contributed by atoms with E-state index in [9.17, 15) is 14.4 Å². The number of carbonyl (C=O) groups is 3. The van der Waals surface area contributed by atoms with E-state index in [0.717, 1.165) is 6.42 Å². The molecular weight excluding hydrogens is 300 g/mol. The van der Waals surface area contributed by atoms with Crippen LogP contribution in [0.1, 0.15) is 32.6 Å². The highest BCUT2D eigenvalue weighted by atomic mass is 16.2. The van der Waals surface area contributed by atoms with Crippen LogP contribution in [0.25, 0.3) is 0 Å². The number of nitrogens with zero attached hydrogens (tertiary/aromatic N) is 2. The van der Waals surface area contributed by atoms with Crippen LogP contribution in [0.3, 0.4) is 0 Å². The lowest BCUT2D eigenvalue weighted by Crippen LogP contribution is -2.52. The van der Waals surface area contributed by atoms with E-state index in [4.69, 9.17) is 17.2 Å². The van der Waals surface area contributed by atoms with Gasteiger partial charge in [-0.1, -0.05) is 0 Å². The number of aliphatic imine (C=N–C) groups is 1. The zero-order valence-corrected chi connectivity index (χ0v) is 13.4. The van der Waals surface area contributed by atoms with Crippen molar-refractivity contribution in [1.82, 2.24) is 10.2 Å². The SMILES string of the molecule is C[C@H](N)C(=O)N1CCC[C@H]1C(=O)N[C@H](C=O)CCCN=C(N)N. The maximum absolute atomic E-state index is 12.3. The highest BCUT2D eigenvalue weighted by molar-refractivity contribution is 5.91. The van der Waals surface area contributed by atoms with Crippen molar-refractivity contribution < 1.29 is 14.4 Å². The molecule has 1 aliphatic heterocycles. The van der Waals surface area contributed by atoms with Crippen molar-refractivity contribution in [3.63, 3.8) is 0 Å². The van der Waals surface area contributed by atoms with Gasteiger partial charge in [0.15, 0.2) is 5.96 Å². The van der Waals surface area contributed by atoms with E-state index in [2.05, 4.69) is 10.3 Å².